The molecule has 3 N–H and O–H groups in total. The summed E-state index contributed by atoms with van der Waals surface area (Å²) in [7, 11) is 4.42. The van der Waals surface area contributed by atoms with Gasteiger partial charge in [0, 0.05) is 18.7 Å². The second-order valence-corrected chi connectivity index (χ2v) is 3.93. The average Bonchev–Trinajstić information content (AvgIpc) is 2.46. The molecule has 0 aromatic heterocycles. The van der Waals surface area contributed by atoms with Crippen molar-refractivity contribution in [1.82, 2.24) is 5.32 Å². The predicted octanol–water partition coefficient (Wildman–Crippen LogP) is 1.31. The van der Waals surface area contributed by atoms with Crippen LogP contribution in [0.2, 0.25) is 0 Å². The van der Waals surface area contributed by atoms with Gasteiger partial charge in [0.05, 0.1) is 33.4 Å². The predicted molar refractivity (Wildman–Crippen MR) is 75.4 cm³/mol. The van der Waals surface area contributed by atoms with E-state index in [-0.39, 0.29) is 13.0 Å². The molecule has 0 spiro atoms. The Balaban J connectivity index is 2.81. The summed E-state index contributed by atoms with van der Waals surface area (Å²) in [5.74, 6) is 0.297. The van der Waals surface area contributed by atoms with Crippen LogP contribution in [0.4, 0.5) is 10.5 Å². The first-order valence-electron chi connectivity index (χ1n) is 6.08. The third-order valence-electron chi connectivity index (χ3n) is 2.58. The van der Waals surface area contributed by atoms with Gasteiger partial charge >= 0.3 is 12.0 Å². The van der Waals surface area contributed by atoms with Crippen molar-refractivity contribution < 1.29 is 28.9 Å². The fourth-order valence-corrected chi connectivity index (χ4v) is 1.58. The molecule has 0 heterocycles. The lowest BCUT2D eigenvalue weighted by atomic mass is 10.2. The van der Waals surface area contributed by atoms with Gasteiger partial charge in [0.1, 0.15) is 5.75 Å². The van der Waals surface area contributed by atoms with E-state index < -0.39 is 12.0 Å². The largest absolute Gasteiger partial charge is 0.494 e. The number of hydrogen-bond acceptors (Lipinski definition) is 5. The number of carbonyl (C=O) groups excluding carboxylic acids is 1. The quantitative estimate of drug-likeness (QED) is 0.700. The molecule has 0 saturated heterocycles. The molecule has 0 aliphatic rings. The molecule has 0 aliphatic carbocycles. The molecular weight excluding hydrogens is 280 g/mol. The molecule has 0 radical (unpaired) electrons. The lowest BCUT2D eigenvalue weighted by molar-refractivity contribution is -0.136. The first-order valence-corrected chi connectivity index (χ1v) is 6.08. The maximum Gasteiger partial charge on any atom is 0.319 e. The first-order chi connectivity index (χ1) is 10.0. The number of hydrogen-bond donors (Lipinski definition) is 3. The lowest BCUT2D eigenvalue weighted by Crippen LogP contribution is -2.30. The summed E-state index contributed by atoms with van der Waals surface area (Å²) in [6.07, 6.45) is -0.156. The zero-order valence-corrected chi connectivity index (χ0v) is 12.1. The van der Waals surface area contributed by atoms with Crippen LogP contribution in [0.25, 0.3) is 0 Å². The standard InChI is InChI=1S/C13H18N2O6/c1-19-9-7-11(21-3)10(20-2)6-8(9)15-13(18)14-5-4-12(16)17/h6-7H,4-5H2,1-3H3,(H,16,17)(H2,14,15,18). The van der Waals surface area contributed by atoms with Crippen LogP contribution in [0, 0.1) is 0 Å². The lowest BCUT2D eigenvalue weighted by Gasteiger charge is -2.15. The Morgan fingerprint density at radius 3 is 2.14 bits per heavy atom. The maximum atomic E-state index is 11.7. The molecule has 0 fully saturated rings. The van der Waals surface area contributed by atoms with E-state index >= 15 is 0 Å². The van der Waals surface area contributed by atoms with Gasteiger partial charge in [-0.3, -0.25) is 4.79 Å². The number of anilines is 1. The summed E-state index contributed by atoms with van der Waals surface area (Å²) >= 11 is 0. The minimum absolute atomic E-state index is 0.0246. The van der Waals surface area contributed by atoms with E-state index in [9.17, 15) is 9.59 Å². The minimum atomic E-state index is -0.987. The molecule has 2 amide bonds. The SMILES string of the molecule is COc1cc(OC)c(OC)cc1NC(=O)NCCC(=O)O. The third-order valence-corrected chi connectivity index (χ3v) is 2.58. The summed E-state index contributed by atoms with van der Waals surface area (Å²) < 4.78 is 15.4. The molecule has 116 valence electrons. The van der Waals surface area contributed by atoms with Crippen molar-refractivity contribution >= 4 is 17.7 Å². The van der Waals surface area contributed by atoms with Crippen molar-refractivity contribution in [2.24, 2.45) is 0 Å². The van der Waals surface area contributed by atoms with Crippen molar-refractivity contribution in [3.8, 4) is 17.2 Å². The van der Waals surface area contributed by atoms with Gasteiger partial charge < -0.3 is 30.0 Å². The molecule has 8 nitrogen and oxygen atoms in total. The summed E-state index contributed by atoms with van der Waals surface area (Å²) in [6, 6.07) is 2.59. The van der Waals surface area contributed by atoms with Gasteiger partial charge in [-0.15, -0.1) is 0 Å². The fraction of sp³-hybridized carbons (Fsp3) is 0.385. The van der Waals surface area contributed by atoms with Gasteiger partial charge in [0.25, 0.3) is 0 Å². The van der Waals surface area contributed by atoms with Crippen molar-refractivity contribution in [1.29, 1.82) is 0 Å². The molecule has 0 atom stereocenters. The van der Waals surface area contributed by atoms with Crippen LogP contribution in [0.5, 0.6) is 17.2 Å². The highest BCUT2D eigenvalue weighted by atomic mass is 16.5. The van der Waals surface area contributed by atoms with Gasteiger partial charge in [-0.05, 0) is 0 Å². The van der Waals surface area contributed by atoms with Crippen molar-refractivity contribution in [2.75, 3.05) is 33.2 Å². The van der Waals surface area contributed by atoms with E-state index in [2.05, 4.69) is 10.6 Å². The Kier molecular flexibility index (Phi) is 6.12. The molecule has 1 rings (SSSR count). The van der Waals surface area contributed by atoms with Gasteiger partial charge in [-0.1, -0.05) is 0 Å². The Labute approximate surface area is 122 Å². The summed E-state index contributed by atoms with van der Waals surface area (Å²) in [5.41, 5.74) is 0.378. The van der Waals surface area contributed by atoms with Gasteiger partial charge in [0.15, 0.2) is 11.5 Å². The maximum absolute atomic E-state index is 11.7. The number of ether oxygens (including phenoxy) is 3. The van der Waals surface area contributed by atoms with Crippen LogP contribution >= 0.6 is 0 Å². The van der Waals surface area contributed by atoms with E-state index in [1.54, 1.807) is 12.1 Å². The molecule has 0 aliphatic heterocycles. The Morgan fingerprint density at radius 2 is 1.62 bits per heavy atom. The van der Waals surface area contributed by atoms with Gasteiger partial charge in [-0.2, -0.15) is 0 Å². The van der Waals surface area contributed by atoms with E-state index in [0.29, 0.717) is 22.9 Å². The Bertz CT molecular complexity index is 518. The number of methoxy groups -OCH3 is 3. The summed E-state index contributed by atoms with van der Waals surface area (Å²) in [4.78, 5) is 22.0. The molecule has 1 aromatic carbocycles. The topological polar surface area (TPSA) is 106 Å². The second kappa shape index (κ2) is 7.83. The van der Waals surface area contributed by atoms with Crippen LogP contribution < -0.4 is 24.8 Å². The number of carbonyl (C=O) groups is 2. The van der Waals surface area contributed by atoms with E-state index in [1.807, 2.05) is 0 Å². The van der Waals surface area contributed by atoms with Crippen LogP contribution in [0.3, 0.4) is 0 Å². The highest BCUT2D eigenvalue weighted by Crippen LogP contribution is 2.37. The number of carboxylic acid groups (broad SMARTS) is 1. The number of carboxylic acids is 1. The van der Waals surface area contributed by atoms with Crippen molar-refractivity contribution in [3.05, 3.63) is 12.1 Å². The fourth-order valence-electron chi connectivity index (χ4n) is 1.58. The molecule has 21 heavy (non-hydrogen) atoms. The molecular formula is C13H18N2O6. The number of rotatable bonds is 7. The smallest absolute Gasteiger partial charge is 0.319 e. The van der Waals surface area contributed by atoms with E-state index in [1.165, 1.54) is 21.3 Å². The monoisotopic (exact) mass is 298 g/mol. The molecule has 0 saturated carbocycles. The number of urea groups is 1. The minimum Gasteiger partial charge on any atom is -0.494 e. The van der Waals surface area contributed by atoms with E-state index in [0.717, 1.165) is 0 Å². The highest BCUT2D eigenvalue weighted by Gasteiger charge is 2.13. The van der Waals surface area contributed by atoms with Crippen LogP contribution in [-0.2, 0) is 4.79 Å². The second-order valence-electron chi connectivity index (χ2n) is 3.93. The first kappa shape index (κ1) is 16.4. The number of aliphatic carboxylic acids is 1. The molecule has 1 aromatic rings. The third kappa shape index (κ3) is 4.75. The van der Waals surface area contributed by atoms with Gasteiger partial charge in [-0.25, -0.2) is 4.79 Å². The molecule has 0 bridgehead atoms. The zero-order valence-electron chi connectivity index (χ0n) is 12.1. The normalized spacial score (nSPS) is 9.67. The summed E-state index contributed by atoms with van der Waals surface area (Å²) in [5, 5.41) is 13.5. The van der Waals surface area contributed by atoms with Gasteiger partial charge in [0.2, 0.25) is 0 Å². The average molecular weight is 298 g/mol. The summed E-state index contributed by atoms with van der Waals surface area (Å²) in [6.45, 7) is 0.0246. The van der Waals surface area contributed by atoms with Crippen LogP contribution in [0.15, 0.2) is 12.1 Å². The highest BCUT2D eigenvalue weighted by molar-refractivity contribution is 5.91. The molecule has 0 unspecified atom stereocenters. The van der Waals surface area contributed by atoms with Crippen molar-refractivity contribution in [2.45, 2.75) is 6.42 Å². The Morgan fingerprint density at radius 1 is 1.05 bits per heavy atom. The molecule has 8 heteroatoms. The van der Waals surface area contributed by atoms with Crippen LogP contribution in [0.1, 0.15) is 6.42 Å². The number of benzene rings is 1. The van der Waals surface area contributed by atoms with Crippen molar-refractivity contribution in [3.63, 3.8) is 0 Å². The number of nitrogens with one attached hydrogen (secondary N) is 2. The Hall–Kier alpha value is -2.64. The van der Waals surface area contributed by atoms with Crippen LogP contribution in [-0.4, -0.2) is 45.0 Å². The van der Waals surface area contributed by atoms with E-state index in [4.69, 9.17) is 19.3 Å². The number of amides is 2. The zero-order chi connectivity index (χ0) is 15.8.